The van der Waals surface area contributed by atoms with Gasteiger partial charge in [-0.05, 0) is 30.7 Å². The normalized spacial score (nSPS) is 16.0. The van der Waals surface area contributed by atoms with Crippen LogP contribution in [0.1, 0.15) is 31.5 Å². The Morgan fingerprint density at radius 1 is 1.20 bits per heavy atom. The van der Waals surface area contributed by atoms with E-state index in [0.29, 0.717) is 17.8 Å². The largest absolute Gasteiger partial charge is 0.342 e. The lowest BCUT2D eigenvalue weighted by Gasteiger charge is -2.25. The molecule has 0 saturated carbocycles. The second-order valence-corrected chi connectivity index (χ2v) is 11.9. The Bertz CT molecular complexity index is 1610. The lowest BCUT2D eigenvalue weighted by Crippen LogP contribution is -2.54. The number of fused-ring (bicyclic) bond motifs is 2. The van der Waals surface area contributed by atoms with Gasteiger partial charge in [-0.15, -0.1) is 12.4 Å². The van der Waals surface area contributed by atoms with Crippen molar-refractivity contribution in [3.63, 3.8) is 0 Å². The number of hydrogen-bond donors (Lipinski definition) is 1. The summed E-state index contributed by atoms with van der Waals surface area (Å²) < 4.78 is 25.8. The minimum absolute atomic E-state index is 0. The number of sulfone groups is 1. The topological polar surface area (TPSA) is 145 Å². The van der Waals surface area contributed by atoms with Gasteiger partial charge in [0, 0.05) is 24.6 Å². The first-order chi connectivity index (χ1) is 18.4. The van der Waals surface area contributed by atoms with E-state index in [1.54, 1.807) is 24.7 Å². The number of aromatic nitrogens is 2. The summed E-state index contributed by atoms with van der Waals surface area (Å²) in [6, 6.07) is 12.9. The smallest absolute Gasteiger partial charge is 0.251 e. The van der Waals surface area contributed by atoms with Gasteiger partial charge in [0.1, 0.15) is 11.8 Å². The van der Waals surface area contributed by atoms with Gasteiger partial charge >= 0.3 is 0 Å². The van der Waals surface area contributed by atoms with E-state index in [1.165, 1.54) is 21.9 Å². The number of amides is 3. The maximum Gasteiger partial charge on any atom is 0.251 e. The molecule has 13 heteroatoms. The van der Waals surface area contributed by atoms with E-state index in [9.17, 15) is 28.1 Å². The standard InChI is InChI=1S/C27H30N6O5S.ClH/c1-5-17(2)26(35)29-21-15-32(25(34)16-39(4,37)38)24-12-18(13-28)10-11-23(24)33(27(21)36)14-20-19-8-6-7-9-22(19)31(3)30-20;/h6-12,17,21H,5,14-16H2,1-4H3,(H,29,35);1H/t17-,21+;/m1./s1. The summed E-state index contributed by atoms with van der Waals surface area (Å²) in [5.74, 6) is -2.80. The highest BCUT2D eigenvalue weighted by Crippen LogP contribution is 2.36. The van der Waals surface area contributed by atoms with Crippen LogP contribution in [0.2, 0.25) is 0 Å². The molecule has 1 aromatic heterocycles. The van der Waals surface area contributed by atoms with E-state index in [4.69, 9.17) is 0 Å². The van der Waals surface area contributed by atoms with E-state index < -0.39 is 33.4 Å². The maximum atomic E-state index is 14.1. The third kappa shape index (κ3) is 6.26. The minimum atomic E-state index is -3.71. The second-order valence-electron chi connectivity index (χ2n) is 9.77. The summed E-state index contributed by atoms with van der Waals surface area (Å²) in [6.45, 7) is 3.30. The molecule has 3 amide bonds. The van der Waals surface area contributed by atoms with E-state index in [-0.39, 0.29) is 48.6 Å². The number of halogens is 1. The molecule has 0 aliphatic carbocycles. The number of anilines is 2. The molecule has 0 bridgehead atoms. The molecule has 2 heterocycles. The van der Waals surface area contributed by atoms with Crippen molar-refractivity contribution in [2.75, 3.05) is 28.4 Å². The minimum Gasteiger partial charge on any atom is -0.342 e. The molecule has 1 N–H and O–H groups in total. The fourth-order valence-corrected chi connectivity index (χ4v) is 5.17. The molecular formula is C27H31ClN6O5S. The van der Waals surface area contributed by atoms with Crippen molar-refractivity contribution in [3.05, 3.63) is 53.7 Å². The first-order valence-electron chi connectivity index (χ1n) is 12.5. The van der Waals surface area contributed by atoms with Gasteiger partial charge in [-0.25, -0.2) is 8.42 Å². The monoisotopic (exact) mass is 586 g/mol. The molecular weight excluding hydrogens is 556 g/mol. The van der Waals surface area contributed by atoms with Crippen molar-refractivity contribution >= 4 is 62.2 Å². The first kappa shape index (κ1) is 30.6. The van der Waals surface area contributed by atoms with Crippen LogP contribution in [-0.2, 0) is 37.8 Å². The molecule has 0 unspecified atom stereocenters. The van der Waals surface area contributed by atoms with Gasteiger partial charge in [0.2, 0.25) is 11.8 Å². The number of hydrogen-bond acceptors (Lipinski definition) is 7. The summed E-state index contributed by atoms with van der Waals surface area (Å²) in [6.07, 6.45) is 1.49. The zero-order valence-electron chi connectivity index (χ0n) is 22.6. The van der Waals surface area contributed by atoms with Crippen molar-refractivity contribution in [3.8, 4) is 6.07 Å². The Morgan fingerprint density at radius 3 is 2.55 bits per heavy atom. The van der Waals surface area contributed by atoms with E-state index in [0.717, 1.165) is 17.2 Å². The summed E-state index contributed by atoms with van der Waals surface area (Å²) in [7, 11) is -1.92. The van der Waals surface area contributed by atoms with Gasteiger partial charge in [0.05, 0.1) is 47.3 Å². The SMILES string of the molecule is CC[C@@H](C)C(=O)N[C@H]1CN(C(=O)CS(C)(=O)=O)c2cc(C#N)ccc2N(Cc2nn(C)c3ccccc23)C1=O.Cl. The molecule has 3 aromatic rings. The third-order valence-electron chi connectivity index (χ3n) is 6.82. The van der Waals surface area contributed by atoms with Gasteiger partial charge < -0.3 is 15.1 Å². The molecule has 4 rings (SSSR count). The number of benzene rings is 2. The van der Waals surface area contributed by atoms with Gasteiger partial charge in [-0.3, -0.25) is 19.1 Å². The molecule has 0 radical (unpaired) electrons. The zero-order valence-corrected chi connectivity index (χ0v) is 24.3. The molecule has 212 valence electrons. The highest BCUT2D eigenvalue weighted by molar-refractivity contribution is 7.91. The predicted octanol–water partition coefficient (Wildman–Crippen LogP) is 2.32. The van der Waals surface area contributed by atoms with Gasteiger partial charge in [0.15, 0.2) is 9.84 Å². The Labute approximate surface area is 239 Å². The van der Waals surface area contributed by atoms with Crippen LogP contribution in [0.25, 0.3) is 10.9 Å². The Hall–Kier alpha value is -3.95. The summed E-state index contributed by atoms with van der Waals surface area (Å²) >= 11 is 0. The van der Waals surface area contributed by atoms with Crippen molar-refractivity contribution in [2.45, 2.75) is 32.9 Å². The van der Waals surface area contributed by atoms with Crippen LogP contribution in [0.15, 0.2) is 42.5 Å². The highest BCUT2D eigenvalue weighted by atomic mass is 35.5. The van der Waals surface area contributed by atoms with Crippen LogP contribution in [0.5, 0.6) is 0 Å². The number of para-hydroxylation sites is 1. The number of nitrogens with one attached hydrogen (secondary N) is 1. The highest BCUT2D eigenvalue weighted by Gasteiger charge is 2.38. The van der Waals surface area contributed by atoms with Crippen molar-refractivity contribution in [1.82, 2.24) is 15.1 Å². The molecule has 2 aromatic carbocycles. The number of carbonyl (C=O) groups excluding carboxylic acids is 3. The van der Waals surface area contributed by atoms with Gasteiger partial charge in [-0.2, -0.15) is 10.4 Å². The van der Waals surface area contributed by atoms with Crippen LogP contribution in [-0.4, -0.2) is 60.5 Å². The molecule has 40 heavy (non-hydrogen) atoms. The molecule has 2 atom stereocenters. The summed E-state index contributed by atoms with van der Waals surface area (Å²) in [5.41, 5.74) is 2.19. The second kappa shape index (κ2) is 12.1. The van der Waals surface area contributed by atoms with Crippen LogP contribution < -0.4 is 15.1 Å². The fraction of sp³-hybridized carbons (Fsp3) is 0.370. The molecule has 0 fully saturated rings. The third-order valence-corrected chi connectivity index (χ3v) is 7.59. The van der Waals surface area contributed by atoms with Gasteiger partial charge in [-0.1, -0.05) is 32.0 Å². The van der Waals surface area contributed by atoms with Crippen molar-refractivity contribution < 1.29 is 22.8 Å². The quantitative estimate of drug-likeness (QED) is 0.447. The van der Waals surface area contributed by atoms with E-state index in [2.05, 4.69) is 10.4 Å². The molecule has 0 saturated heterocycles. The molecule has 1 aliphatic rings. The number of nitriles is 1. The summed E-state index contributed by atoms with van der Waals surface area (Å²) in [4.78, 5) is 42.9. The fourth-order valence-electron chi connectivity index (χ4n) is 4.57. The lowest BCUT2D eigenvalue weighted by molar-refractivity contribution is -0.129. The molecule has 1 aliphatic heterocycles. The van der Waals surface area contributed by atoms with E-state index in [1.807, 2.05) is 37.3 Å². The van der Waals surface area contributed by atoms with Crippen molar-refractivity contribution in [1.29, 1.82) is 5.26 Å². The molecule has 11 nitrogen and oxygen atoms in total. The first-order valence-corrected chi connectivity index (χ1v) is 14.5. The number of nitrogens with zero attached hydrogens (tertiary/aromatic N) is 5. The van der Waals surface area contributed by atoms with Crippen molar-refractivity contribution in [2.24, 2.45) is 13.0 Å². The maximum absolute atomic E-state index is 14.1. The summed E-state index contributed by atoms with van der Waals surface area (Å²) in [5, 5.41) is 17.8. The average Bonchev–Trinajstić information content (AvgIpc) is 3.16. The lowest BCUT2D eigenvalue weighted by atomic mass is 10.1. The zero-order chi connectivity index (χ0) is 28.5. The van der Waals surface area contributed by atoms with Crippen LogP contribution in [0.4, 0.5) is 11.4 Å². The number of carbonyl (C=O) groups is 3. The number of aryl methyl sites for hydroxylation is 1. The molecule has 0 spiro atoms. The predicted molar refractivity (Wildman–Crippen MR) is 154 cm³/mol. The van der Waals surface area contributed by atoms with E-state index >= 15 is 0 Å². The Balaban J connectivity index is 0.00000441. The van der Waals surface area contributed by atoms with Crippen LogP contribution in [0.3, 0.4) is 0 Å². The average molecular weight is 587 g/mol. The Kier molecular flexibility index (Phi) is 9.22. The van der Waals surface area contributed by atoms with Crippen LogP contribution in [0, 0.1) is 17.2 Å². The number of rotatable bonds is 7. The van der Waals surface area contributed by atoms with Gasteiger partial charge in [0.25, 0.3) is 5.91 Å². The Morgan fingerprint density at radius 2 is 1.90 bits per heavy atom. The van der Waals surface area contributed by atoms with Crippen LogP contribution >= 0.6 is 12.4 Å².